The molecule has 0 saturated carbocycles. The summed E-state index contributed by atoms with van der Waals surface area (Å²) >= 11 is 0. The third-order valence-electron chi connectivity index (χ3n) is 9.93. The Balaban J connectivity index is 0.000000185. The van der Waals surface area contributed by atoms with Crippen molar-refractivity contribution in [3.05, 3.63) is 149 Å². The van der Waals surface area contributed by atoms with E-state index < -0.39 is 5.60 Å². The van der Waals surface area contributed by atoms with Crippen molar-refractivity contribution < 1.29 is 5.11 Å². The Hall–Kier alpha value is -3.50. The molecule has 0 amide bonds. The molecule has 2 aliphatic heterocycles. The molecule has 3 heteroatoms. The van der Waals surface area contributed by atoms with Crippen molar-refractivity contribution in [2.75, 3.05) is 26.2 Å². The molecule has 4 aromatic carbocycles. The lowest BCUT2D eigenvalue weighted by Crippen LogP contribution is -2.42. The number of unbranched alkanes of at least 4 members (excludes halogenated alkanes) is 2. The summed E-state index contributed by atoms with van der Waals surface area (Å²) in [5.74, 6) is 0. The molecule has 0 radical (unpaired) electrons. The van der Waals surface area contributed by atoms with Crippen molar-refractivity contribution in [3.8, 4) is 0 Å². The van der Waals surface area contributed by atoms with E-state index in [2.05, 4.69) is 139 Å². The quantitative estimate of drug-likeness (QED) is 0.169. The van der Waals surface area contributed by atoms with Crippen LogP contribution in [0.2, 0.25) is 0 Å². The first-order valence-corrected chi connectivity index (χ1v) is 18.2. The lowest BCUT2D eigenvalue weighted by atomic mass is 9.84. The van der Waals surface area contributed by atoms with Gasteiger partial charge in [0.15, 0.2) is 0 Å². The van der Waals surface area contributed by atoms with Gasteiger partial charge in [0.2, 0.25) is 0 Å². The first-order chi connectivity index (χ1) is 23.0. The van der Waals surface area contributed by atoms with E-state index in [9.17, 15) is 5.11 Å². The molecule has 0 atom stereocenters. The smallest absolute Gasteiger partial charge is 0.0920 e. The SMILES string of the molecule is CCCCc1ccc(C2(O)CCN(Cc3ccccc3)CC2)cc1.CCCCc1ccc(C2=CCN(Cc3ccccc3)CC2)cc1. The largest absolute Gasteiger partial charge is 0.385 e. The highest BCUT2D eigenvalue weighted by Crippen LogP contribution is 2.33. The van der Waals surface area contributed by atoms with E-state index >= 15 is 0 Å². The zero-order valence-electron chi connectivity index (χ0n) is 28.9. The number of aliphatic hydroxyl groups is 1. The number of hydrogen-bond acceptors (Lipinski definition) is 3. The number of likely N-dealkylation sites (tertiary alicyclic amines) is 1. The summed E-state index contributed by atoms with van der Waals surface area (Å²) in [5, 5.41) is 11.1. The van der Waals surface area contributed by atoms with Gasteiger partial charge in [0.25, 0.3) is 0 Å². The van der Waals surface area contributed by atoms with Gasteiger partial charge >= 0.3 is 0 Å². The van der Waals surface area contributed by atoms with Gasteiger partial charge in [-0.2, -0.15) is 0 Å². The zero-order valence-corrected chi connectivity index (χ0v) is 28.9. The average molecular weight is 629 g/mol. The molecule has 1 saturated heterocycles. The Labute approximate surface area is 285 Å². The first-order valence-electron chi connectivity index (χ1n) is 18.2. The second-order valence-electron chi connectivity index (χ2n) is 13.6. The van der Waals surface area contributed by atoms with Crippen LogP contribution in [0.15, 0.2) is 115 Å². The van der Waals surface area contributed by atoms with Gasteiger partial charge in [-0.05, 0) is 83.9 Å². The summed E-state index contributed by atoms with van der Waals surface area (Å²) in [7, 11) is 0. The number of rotatable bonds is 12. The van der Waals surface area contributed by atoms with Crippen molar-refractivity contribution in [3.63, 3.8) is 0 Å². The lowest BCUT2D eigenvalue weighted by Gasteiger charge is -2.38. The summed E-state index contributed by atoms with van der Waals surface area (Å²) in [5.41, 5.74) is 8.95. The topological polar surface area (TPSA) is 26.7 Å². The minimum atomic E-state index is -0.656. The van der Waals surface area contributed by atoms with Crippen LogP contribution < -0.4 is 0 Å². The summed E-state index contributed by atoms with van der Waals surface area (Å²) in [4.78, 5) is 4.97. The van der Waals surface area contributed by atoms with Crippen LogP contribution >= 0.6 is 0 Å². The second-order valence-corrected chi connectivity index (χ2v) is 13.6. The molecular formula is C44H56N2O. The molecule has 4 aromatic rings. The van der Waals surface area contributed by atoms with Crippen LogP contribution in [0.5, 0.6) is 0 Å². The van der Waals surface area contributed by atoms with E-state index in [0.717, 1.165) is 70.5 Å². The number of piperidine rings is 1. The molecule has 0 aromatic heterocycles. The summed E-state index contributed by atoms with van der Waals surface area (Å²) in [6.45, 7) is 10.6. The molecular weight excluding hydrogens is 572 g/mol. The van der Waals surface area contributed by atoms with E-state index in [-0.39, 0.29) is 0 Å². The fraction of sp³-hybridized carbons (Fsp3) is 0.409. The monoisotopic (exact) mass is 628 g/mol. The number of hydrogen-bond donors (Lipinski definition) is 1. The van der Waals surface area contributed by atoms with Crippen molar-refractivity contribution in [2.45, 2.75) is 90.3 Å². The molecule has 1 N–H and O–H groups in total. The van der Waals surface area contributed by atoms with Gasteiger partial charge in [0, 0.05) is 39.3 Å². The summed E-state index contributed by atoms with van der Waals surface area (Å²) < 4.78 is 0. The maximum Gasteiger partial charge on any atom is 0.0920 e. The number of benzene rings is 4. The zero-order chi connectivity index (χ0) is 32.7. The van der Waals surface area contributed by atoms with E-state index in [1.165, 1.54) is 65.5 Å². The summed E-state index contributed by atoms with van der Waals surface area (Å²) in [6, 6.07) is 39.3. The molecule has 0 spiro atoms. The molecule has 0 aliphatic carbocycles. The molecule has 248 valence electrons. The predicted molar refractivity (Wildman–Crippen MR) is 199 cm³/mol. The fourth-order valence-electron chi connectivity index (χ4n) is 6.80. The predicted octanol–water partition coefficient (Wildman–Crippen LogP) is 9.83. The van der Waals surface area contributed by atoms with Crippen molar-refractivity contribution in [1.82, 2.24) is 9.80 Å². The van der Waals surface area contributed by atoms with Gasteiger partial charge in [0.05, 0.1) is 5.60 Å². The van der Waals surface area contributed by atoms with Crippen LogP contribution in [0.3, 0.4) is 0 Å². The highest BCUT2D eigenvalue weighted by molar-refractivity contribution is 5.66. The first kappa shape index (κ1) is 34.8. The van der Waals surface area contributed by atoms with Gasteiger partial charge in [-0.1, -0.05) is 142 Å². The maximum absolute atomic E-state index is 11.1. The van der Waals surface area contributed by atoms with Crippen molar-refractivity contribution in [1.29, 1.82) is 0 Å². The van der Waals surface area contributed by atoms with Crippen molar-refractivity contribution in [2.24, 2.45) is 0 Å². The normalized spacial score (nSPS) is 16.6. The van der Waals surface area contributed by atoms with Crippen molar-refractivity contribution >= 4 is 5.57 Å². The van der Waals surface area contributed by atoms with E-state index in [1.807, 2.05) is 0 Å². The Kier molecular flexibility index (Phi) is 13.4. The van der Waals surface area contributed by atoms with E-state index in [0.29, 0.717) is 0 Å². The van der Waals surface area contributed by atoms with Gasteiger partial charge in [-0.15, -0.1) is 0 Å². The molecule has 0 bridgehead atoms. The Morgan fingerprint density at radius 1 is 0.574 bits per heavy atom. The van der Waals surface area contributed by atoms with Crippen LogP contribution in [0.1, 0.15) is 92.2 Å². The molecule has 47 heavy (non-hydrogen) atoms. The number of aryl methyl sites for hydroxylation is 2. The third-order valence-corrected chi connectivity index (χ3v) is 9.93. The van der Waals surface area contributed by atoms with Gasteiger partial charge in [-0.25, -0.2) is 0 Å². The van der Waals surface area contributed by atoms with E-state index in [1.54, 1.807) is 0 Å². The van der Waals surface area contributed by atoms with Gasteiger partial charge in [0.1, 0.15) is 0 Å². The number of nitrogens with zero attached hydrogens (tertiary/aromatic N) is 2. The standard InChI is InChI=1S/C22H29NO.C22H27N/c1-2-3-7-19-10-12-21(13-11-19)22(24)14-16-23(17-15-22)18-20-8-5-4-6-9-20;1-2-3-7-19-10-12-21(13-11-19)22-14-16-23(17-15-22)18-20-8-5-4-6-9-20/h4-6,8-13,24H,2-3,7,14-18H2,1H3;4-6,8-14H,2-3,7,15-18H2,1H3. The molecule has 3 nitrogen and oxygen atoms in total. The highest BCUT2D eigenvalue weighted by Gasteiger charge is 2.33. The van der Waals surface area contributed by atoms with Crippen LogP contribution in [0, 0.1) is 0 Å². The highest BCUT2D eigenvalue weighted by atomic mass is 16.3. The average Bonchev–Trinajstić information content (AvgIpc) is 3.13. The lowest BCUT2D eigenvalue weighted by molar-refractivity contribution is -0.0277. The minimum Gasteiger partial charge on any atom is -0.385 e. The Bertz CT molecular complexity index is 1470. The Morgan fingerprint density at radius 2 is 1.09 bits per heavy atom. The fourth-order valence-corrected chi connectivity index (χ4v) is 6.80. The molecule has 6 rings (SSSR count). The third kappa shape index (κ3) is 10.8. The van der Waals surface area contributed by atoms with Gasteiger partial charge in [-0.3, -0.25) is 9.80 Å². The molecule has 2 heterocycles. The Morgan fingerprint density at radius 3 is 1.57 bits per heavy atom. The van der Waals surface area contributed by atoms with Crippen LogP contribution in [-0.4, -0.2) is 41.1 Å². The minimum absolute atomic E-state index is 0.656. The van der Waals surface area contributed by atoms with Crippen LogP contribution in [0.4, 0.5) is 0 Å². The van der Waals surface area contributed by atoms with Crippen LogP contribution in [-0.2, 0) is 31.5 Å². The molecule has 2 aliphatic rings. The van der Waals surface area contributed by atoms with E-state index in [4.69, 9.17) is 0 Å². The molecule has 1 fully saturated rings. The molecule has 0 unspecified atom stereocenters. The van der Waals surface area contributed by atoms with Crippen LogP contribution in [0.25, 0.3) is 5.57 Å². The van der Waals surface area contributed by atoms with Gasteiger partial charge < -0.3 is 5.11 Å². The second kappa shape index (κ2) is 18.2. The maximum atomic E-state index is 11.1. The summed E-state index contributed by atoms with van der Waals surface area (Å²) in [6.07, 6.45) is 12.6.